The van der Waals surface area contributed by atoms with Crippen LogP contribution in [0.4, 0.5) is 4.39 Å². The minimum Gasteiger partial charge on any atom is -0.338 e. The molecule has 0 radical (unpaired) electrons. The van der Waals surface area contributed by atoms with Crippen molar-refractivity contribution in [2.75, 3.05) is 6.54 Å². The second-order valence-corrected chi connectivity index (χ2v) is 6.58. The normalized spacial score (nSPS) is 16.3. The van der Waals surface area contributed by atoms with Gasteiger partial charge in [-0.3, -0.25) is 25.2 Å². The molecule has 6 nitrogen and oxygen atoms in total. The van der Waals surface area contributed by atoms with E-state index in [0.717, 1.165) is 17.2 Å². The molecule has 2 aromatic carbocycles. The van der Waals surface area contributed by atoms with E-state index in [9.17, 15) is 18.8 Å². The Morgan fingerprint density at radius 3 is 2.52 bits per heavy atom. The number of amides is 3. The molecule has 0 aromatic heterocycles. The van der Waals surface area contributed by atoms with Crippen LogP contribution in [0.25, 0.3) is 0 Å². The predicted molar refractivity (Wildman–Crippen MR) is 96.7 cm³/mol. The second kappa shape index (κ2) is 7.99. The van der Waals surface area contributed by atoms with E-state index in [-0.39, 0.29) is 24.4 Å². The second-order valence-electron chi connectivity index (χ2n) is 6.58. The van der Waals surface area contributed by atoms with Gasteiger partial charge in [0.1, 0.15) is 5.82 Å². The molecule has 1 unspecified atom stereocenters. The van der Waals surface area contributed by atoms with Gasteiger partial charge < -0.3 is 4.90 Å². The number of likely N-dealkylation sites (tertiary alicyclic amines) is 1. The summed E-state index contributed by atoms with van der Waals surface area (Å²) in [7, 11) is 0. The fourth-order valence-corrected chi connectivity index (χ4v) is 2.95. The SMILES string of the molecule is Cc1ccc(CN2CC(C(=O)NNC(=O)c3ccccc3F)CC2=O)cc1. The van der Waals surface area contributed by atoms with Crippen molar-refractivity contribution in [3.8, 4) is 0 Å². The molecule has 1 aliphatic rings. The Kier molecular flexibility index (Phi) is 5.49. The summed E-state index contributed by atoms with van der Waals surface area (Å²) in [6.45, 7) is 2.69. The van der Waals surface area contributed by atoms with Gasteiger partial charge in [0.25, 0.3) is 5.91 Å². The highest BCUT2D eigenvalue weighted by atomic mass is 19.1. The Morgan fingerprint density at radius 2 is 1.81 bits per heavy atom. The van der Waals surface area contributed by atoms with Crippen molar-refractivity contribution in [2.24, 2.45) is 5.92 Å². The molecule has 1 atom stereocenters. The topological polar surface area (TPSA) is 78.5 Å². The van der Waals surface area contributed by atoms with Crippen LogP contribution < -0.4 is 10.9 Å². The zero-order valence-corrected chi connectivity index (χ0v) is 14.9. The third-order valence-corrected chi connectivity index (χ3v) is 4.50. The van der Waals surface area contributed by atoms with Crippen LogP contribution in [-0.2, 0) is 16.1 Å². The van der Waals surface area contributed by atoms with Crippen LogP contribution >= 0.6 is 0 Å². The smallest absolute Gasteiger partial charge is 0.272 e. The molecule has 0 spiro atoms. The maximum absolute atomic E-state index is 13.6. The minimum absolute atomic E-state index is 0.0767. The number of benzene rings is 2. The first-order valence-corrected chi connectivity index (χ1v) is 8.62. The van der Waals surface area contributed by atoms with Gasteiger partial charge >= 0.3 is 0 Å². The highest BCUT2D eigenvalue weighted by Gasteiger charge is 2.34. The molecule has 140 valence electrons. The summed E-state index contributed by atoms with van der Waals surface area (Å²) >= 11 is 0. The summed E-state index contributed by atoms with van der Waals surface area (Å²) in [4.78, 5) is 38.0. The van der Waals surface area contributed by atoms with Gasteiger partial charge in [0, 0.05) is 19.5 Å². The van der Waals surface area contributed by atoms with Gasteiger partial charge in [-0.2, -0.15) is 0 Å². The maximum atomic E-state index is 13.6. The van der Waals surface area contributed by atoms with E-state index in [1.807, 2.05) is 31.2 Å². The molecule has 7 heteroatoms. The summed E-state index contributed by atoms with van der Waals surface area (Å²) in [5, 5.41) is 0. The summed E-state index contributed by atoms with van der Waals surface area (Å²) in [6, 6.07) is 13.3. The fourth-order valence-electron chi connectivity index (χ4n) is 2.95. The predicted octanol–water partition coefficient (Wildman–Crippen LogP) is 1.94. The Hall–Kier alpha value is -3.22. The van der Waals surface area contributed by atoms with Gasteiger partial charge in [0.15, 0.2) is 0 Å². The minimum atomic E-state index is -0.748. The van der Waals surface area contributed by atoms with Crippen LogP contribution in [0.1, 0.15) is 27.9 Å². The Balaban J connectivity index is 1.53. The zero-order chi connectivity index (χ0) is 19.4. The highest BCUT2D eigenvalue weighted by Crippen LogP contribution is 2.20. The number of rotatable bonds is 4. The summed E-state index contributed by atoms with van der Waals surface area (Å²) < 4.78 is 13.6. The quantitative estimate of drug-likeness (QED) is 0.809. The number of hydrogen-bond acceptors (Lipinski definition) is 3. The van der Waals surface area contributed by atoms with Gasteiger partial charge in [0.05, 0.1) is 11.5 Å². The van der Waals surface area contributed by atoms with E-state index in [2.05, 4.69) is 10.9 Å². The average Bonchev–Trinajstić information content (AvgIpc) is 3.02. The van der Waals surface area contributed by atoms with Crippen molar-refractivity contribution < 1.29 is 18.8 Å². The van der Waals surface area contributed by atoms with Crippen molar-refractivity contribution in [2.45, 2.75) is 19.9 Å². The molecule has 0 saturated carbocycles. The molecule has 2 N–H and O–H groups in total. The van der Waals surface area contributed by atoms with Crippen molar-refractivity contribution >= 4 is 17.7 Å². The van der Waals surface area contributed by atoms with E-state index in [1.54, 1.807) is 4.90 Å². The van der Waals surface area contributed by atoms with Crippen molar-refractivity contribution in [1.29, 1.82) is 0 Å². The standard InChI is InChI=1S/C20H20FN3O3/c1-13-6-8-14(9-7-13)11-24-12-15(10-18(24)25)19(26)22-23-20(27)16-4-2-3-5-17(16)21/h2-9,15H,10-12H2,1H3,(H,22,26)(H,23,27). The fraction of sp³-hybridized carbons (Fsp3) is 0.250. The largest absolute Gasteiger partial charge is 0.338 e. The van der Waals surface area contributed by atoms with E-state index < -0.39 is 23.5 Å². The molecule has 0 aliphatic carbocycles. The molecule has 27 heavy (non-hydrogen) atoms. The lowest BCUT2D eigenvalue weighted by atomic mass is 10.1. The highest BCUT2D eigenvalue weighted by molar-refractivity contribution is 5.96. The van der Waals surface area contributed by atoms with Crippen LogP contribution in [0.15, 0.2) is 48.5 Å². The monoisotopic (exact) mass is 369 g/mol. The van der Waals surface area contributed by atoms with Crippen LogP contribution in [0.5, 0.6) is 0 Å². The number of carbonyl (C=O) groups is 3. The first-order chi connectivity index (χ1) is 12.9. The first kappa shape index (κ1) is 18.6. The van der Waals surface area contributed by atoms with E-state index in [0.29, 0.717) is 6.54 Å². The van der Waals surface area contributed by atoms with E-state index >= 15 is 0 Å². The molecule has 1 saturated heterocycles. The molecule has 0 bridgehead atoms. The molecule has 1 heterocycles. The molecule has 1 fully saturated rings. The van der Waals surface area contributed by atoms with Gasteiger partial charge in [-0.1, -0.05) is 42.0 Å². The van der Waals surface area contributed by atoms with Gasteiger partial charge in [-0.25, -0.2) is 4.39 Å². The summed E-state index contributed by atoms with van der Waals surface area (Å²) in [5.74, 6) is -2.58. The number of hydrazine groups is 1. The Morgan fingerprint density at radius 1 is 1.11 bits per heavy atom. The number of aryl methyl sites for hydroxylation is 1. The third kappa shape index (κ3) is 4.49. The van der Waals surface area contributed by atoms with Crippen molar-refractivity contribution in [3.05, 3.63) is 71.0 Å². The van der Waals surface area contributed by atoms with Gasteiger partial charge in [-0.15, -0.1) is 0 Å². The maximum Gasteiger partial charge on any atom is 0.272 e. The first-order valence-electron chi connectivity index (χ1n) is 8.62. The van der Waals surface area contributed by atoms with Crippen LogP contribution in [-0.4, -0.2) is 29.2 Å². The molecule has 3 rings (SSSR count). The lowest BCUT2D eigenvalue weighted by molar-refractivity contribution is -0.129. The number of nitrogens with one attached hydrogen (secondary N) is 2. The summed E-state index contributed by atoms with van der Waals surface area (Å²) in [6.07, 6.45) is 0.0767. The van der Waals surface area contributed by atoms with Crippen LogP contribution in [0.3, 0.4) is 0 Å². The summed E-state index contributed by atoms with van der Waals surface area (Å²) in [5.41, 5.74) is 6.43. The lowest BCUT2D eigenvalue weighted by Crippen LogP contribution is -2.45. The zero-order valence-electron chi connectivity index (χ0n) is 14.9. The van der Waals surface area contributed by atoms with Crippen molar-refractivity contribution in [3.63, 3.8) is 0 Å². The molecular formula is C20H20FN3O3. The molecular weight excluding hydrogens is 349 g/mol. The Labute approximate surface area is 156 Å². The molecule has 2 aromatic rings. The average molecular weight is 369 g/mol. The van der Waals surface area contributed by atoms with Gasteiger partial charge in [0.2, 0.25) is 11.8 Å². The van der Waals surface area contributed by atoms with Crippen LogP contribution in [0.2, 0.25) is 0 Å². The van der Waals surface area contributed by atoms with Crippen molar-refractivity contribution in [1.82, 2.24) is 15.8 Å². The van der Waals surface area contributed by atoms with E-state index in [4.69, 9.17) is 0 Å². The number of hydrogen-bond donors (Lipinski definition) is 2. The number of carbonyl (C=O) groups excluding carboxylic acids is 3. The number of nitrogens with zero attached hydrogens (tertiary/aromatic N) is 1. The Bertz CT molecular complexity index is 867. The molecule has 3 amide bonds. The number of halogens is 1. The van der Waals surface area contributed by atoms with Crippen LogP contribution in [0, 0.1) is 18.7 Å². The lowest BCUT2D eigenvalue weighted by Gasteiger charge is -2.17. The molecule has 1 aliphatic heterocycles. The third-order valence-electron chi connectivity index (χ3n) is 4.50. The van der Waals surface area contributed by atoms with Gasteiger partial charge in [-0.05, 0) is 24.6 Å². The van der Waals surface area contributed by atoms with E-state index in [1.165, 1.54) is 18.2 Å².